The fourth-order valence-corrected chi connectivity index (χ4v) is 2.44. The molecule has 2 aromatic heterocycles. The summed E-state index contributed by atoms with van der Waals surface area (Å²) in [5.74, 6) is 0.0214. The van der Waals surface area contributed by atoms with Crippen LogP contribution in [0.15, 0.2) is 51.9 Å². The van der Waals surface area contributed by atoms with E-state index < -0.39 is 0 Å². The summed E-state index contributed by atoms with van der Waals surface area (Å²) in [5, 5.41) is 0.369. The number of nitrogens with zero attached hydrogens (tertiary/aromatic N) is 3. The minimum Gasteiger partial charge on any atom is -0.294 e. The first-order chi connectivity index (χ1) is 9.72. The number of rotatable bonds is 2. The van der Waals surface area contributed by atoms with E-state index in [9.17, 15) is 9.59 Å². The van der Waals surface area contributed by atoms with E-state index in [-0.39, 0.29) is 17.0 Å². The highest BCUT2D eigenvalue weighted by Crippen LogP contribution is 2.20. The highest BCUT2D eigenvalue weighted by molar-refractivity contribution is 9.10. The molecular formula is C14H8BrN3O2. The smallest absolute Gasteiger partial charge is 0.267 e. The van der Waals surface area contributed by atoms with E-state index in [4.69, 9.17) is 0 Å². The minimum atomic E-state index is -0.322. The van der Waals surface area contributed by atoms with Gasteiger partial charge in [-0.25, -0.2) is 9.97 Å². The molecule has 0 unspecified atom stereocenters. The molecule has 0 N–H and O–H groups in total. The van der Waals surface area contributed by atoms with Crippen LogP contribution in [0.25, 0.3) is 16.7 Å². The first-order valence-corrected chi connectivity index (χ1v) is 6.59. The van der Waals surface area contributed by atoms with Crippen molar-refractivity contribution in [2.24, 2.45) is 0 Å². The summed E-state index contributed by atoms with van der Waals surface area (Å²) >= 11 is 3.38. The Morgan fingerprint density at radius 2 is 1.95 bits per heavy atom. The number of aromatic nitrogens is 3. The van der Waals surface area contributed by atoms with E-state index in [1.807, 2.05) is 6.07 Å². The van der Waals surface area contributed by atoms with Gasteiger partial charge in [0, 0.05) is 10.7 Å². The Hall–Kier alpha value is -2.34. The summed E-state index contributed by atoms with van der Waals surface area (Å²) in [5.41, 5.74) is 0.512. The highest BCUT2D eigenvalue weighted by atomic mass is 79.9. The van der Waals surface area contributed by atoms with Crippen LogP contribution in [0.1, 0.15) is 10.6 Å². The van der Waals surface area contributed by atoms with Crippen molar-refractivity contribution in [3.8, 4) is 5.69 Å². The van der Waals surface area contributed by atoms with Gasteiger partial charge in [0.15, 0.2) is 17.8 Å². The van der Waals surface area contributed by atoms with Gasteiger partial charge in [-0.3, -0.25) is 14.2 Å². The summed E-state index contributed by atoms with van der Waals surface area (Å²) in [6, 6.07) is 10.5. The Kier molecular flexibility index (Phi) is 3.15. The number of hydrogen-bond acceptors (Lipinski definition) is 4. The van der Waals surface area contributed by atoms with Crippen molar-refractivity contribution in [3.63, 3.8) is 0 Å². The number of hydrogen-bond donors (Lipinski definition) is 0. The molecule has 0 saturated carbocycles. The Morgan fingerprint density at radius 1 is 1.15 bits per heavy atom. The maximum Gasteiger partial charge on any atom is 0.267 e. The molecule has 5 nitrogen and oxygen atoms in total. The molecule has 98 valence electrons. The predicted molar refractivity (Wildman–Crippen MR) is 78.2 cm³/mol. The van der Waals surface area contributed by atoms with E-state index in [2.05, 4.69) is 25.9 Å². The quantitative estimate of drug-likeness (QED) is 0.677. The zero-order valence-electron chi connectivity index (χ0n) is 10.2. The Balaban J connectivity index is 2.47. The molecular weight excluding hydrogens is 322 g/mol. The summed E-state index contributed by atoms with van der Waals surface area (Å²) in [7, 11) is 0. The zero-order chi connectivity index (χ0) is 14.1. The summed E-state index contributed by atoms with van der Waals surface area (Å²) in [6.45, 7) is 0. The molecule has 3 rings (SSSR count). The van der Waals surface area contributed by atoms with Crippen LogP contribution in [0.3, 0.4) is 0 Å². The van der Waals surface area contributed by atoms with Gasteiger partial charge >= 0.3 is 0 Å². The molecule has 0 radical (unpaired) electrons. The highest BCUT2D eigenvalue weighted by Gasteiger charge is 2.14. The number of carbonyl (C=O) groups is 1. The Labute approximate surface area is 122 Å². The second-order valence-electron chi connectivity index (χ2n) is 4.05. The topological polar surface area (TPSA) is 64.8 Å². The lowest BCUT2D eigenvalue weighted by atomic mass is 10.3. The molecule has 3 aromatic rings. The third-order valence-electron chi connectivity index (χ3n) is 2.87. The van der Waals surface area contributed by atoms with Crippen molar-refractivity contribution in [2.75, 3.05) is 0 Å². The predicted octanol–water partition coefficient (Wildman–Crippen LogP) is 2.36. The van der Waals surface area contributed by atoms with Gasteiger partial charge in [-0.05, 0) is 40.2 Å². The average Bonchev–Trinajstić information content (AvgIpc) is 2.48. The molecule has 0 saturated heterocycles. The van der Waals surface area contributed by atoms with Gasteiger partial charge in [0.1, 0.15) is 0 Å². The van der Waals surface area contributed by atoms with Crippen LogP contribution in [0, 0.1) is 0 Å². The van der Waals surface area contributed by atoms with Crippen molar-refractivity contribution >= 4 is 33.2 Å². The van der Waals surface area contributed by atoms with Crippen LogP contribution in [-0.2, 0) is 0 Å². The number of aldehydes is 1. The number of pyridine rings is 1. The lowest BCUT2D eigenvalue weighted by Gasteiger charge is -2.10. The second kappa shape index (κ2) is 4.97. The van der Waals surface area contributed by atoms with Gasteiger partial charge in [0.25, 0.3) is 5.56 Å². The van der Waals surface area contributed by atoms with Gasteiger partial charge in [0.2, 0.25) is 0 Å². The van der Waals surface area contributed by atoms with Crippen LogP contribution >= 0.6 is 15.9 Å². The van der Waals surface area contributed by atoms with Gasteiger partial charge in [-0.1, -0.05) is 12.1 Å². The maximum absolute atomic E-state index is 12.6. The molecule has 2 heterocycles. The molecule has 0 aliphatic heterocycles. The molecule has 6 heteroatoms. The lowest BCUT2D eigenvalue weighted by Crippen LogP contribution is -2.24. The second-order valence-corrected chi connectivity index (χ2v) is 4.91. The number of benzene rings is 1. The van der Waals surface area contributed by atoms with Gasteiger partial charge in [0.05, 0.1) is 11.1 Å². The molecule has 20 heavy (non-hydrogen) atoms. The number of carbonyl (C=O) groups excluding carboxylic acids is 1. The van der Waals surface area contributed by atoms with E-state index >= 15 is 0 Å². The molecule has 1 aromatic carbocycles. The molecule has 0 bridgehead atoms. The normalized spacial score (nSPS) is 10.7. The van der Waals surface area contributed by atoms with Gasteiger partial charge in [-0.15, -0.1) is 0 Å². The maximum atomic E-state index is 12.6. The van der Waals surface area contributed by atoms with Crippen molar-refractivity contribution in [3.05, 3.63) is 63.2 Å². The summed E-state index contributed by atoms with van der Waals surface area (Å²) in [6.07, 6.45) is 2.08. The lowest BCUT2D eigenvalue weighted by molar-refractivity contribution is 0.111. The first kappa shape index (κ1) is 12.7. The largest absolute Gasteiger partial charge is 0.294 e. The molecule has 0 aliphatic rings. The molecule has 0 aliphatic carbocycles. The summed E-state index contributed by atoms with van der Waals surface area (Å²) < 4.78 is 1.98. The van der Waals surface area contributed by atoms with E-state index in [1.54, 1.807) is 30.3 Å². The van der Waals surface area contributed by atoms with Crippen LogP contribution < -0.4 is 5.56 Å². The van der Waals surface area contributed by atoms with Gasteiger partial charge in [-0.2, -0.15) is 0 Å². The monoisotopic (exact) mass is 329 g/mol. The average molecular weight is 330 g/mol. The third-order valence-corrected chi connectivity index (χ3v) is 3.54. The van der Waals surface area contributed by atoms with Crippen LogP contribution in [0.5, 0.6) is 0 Å². The van der Waals surface area contributed by atoms with Crippen LogP contribution in [0.4, 0.5) is 0 Å². The zero-order valence-corrected chi connectivity index (χ0v) is 11.7. The Morgan fingerprint density at radius 3 is 2.70 bits per heavy atom. The fraction of sp³-hybridized carbons (Fsp3) is 0. The van der Waals surface area contributed by atoms with Crippen LogP contribution in [-0.4, -0.2) is 20.8 Å². The van der Waals surface area contributed by atoms with Crippen molar-refractivity contribution in [1.82, 2.24) is 14.5 Å². The minimum absolute atomic E-state index is 0.0214. The molecule has 0 atom stereocenters. The summed E-state index contributed by atoms with van der Waals surface area (Å²) in [4.78, 5) is 32.0. The van der Waals surface area contributed by atoms with Crippen molar-refractivity contribution in [1.29, 1.82) is 0 Å². The van der Waals surface area contributed by atoms with Crippen molar-refractivity contribution in [2.45, 2.75) is 0 Å². The number of fused-ring (bicyclic) bond motifs is 1. The van der Waals surface area contributed by atoms with E-state index in [1.165, 1.54) is 10.8 Å². The number of para-hydroxylation sites is 1. The van der Waals surface area contributed by atoms with Gasteiger partial charge < -0.3 is 0 Å². The SMILES string of the molecule is O=Cc1nc2ncccc2c(=O)n1-c1ccccc1Br. The molecule has 0 amide bonds. The third kappa shape index (κ3) is 1.94. The van der Waals surface area contributed by atoms with Crippen molar-refractivity contribution < 1.29 is 4.79 Å². The first-order valence-electron chi connectivity index (χ1n) is 5.80. The van der Waals surface area contributed by atoms with E-state index in [0.717, 1.165) is 0 Å². The van der Waals surface area contributed by atoms with E-state index in [0.29, 0.717) is 21.8 Å². The number of halogens is 1. The molecule has 0 spiro atoms. The van der Waals surface area contributed by atoms with Crippen LogP contribution in [0.2, 0.25) is 0 Å². The molecule has 0 fully saturated rings. The Bertz CT molecular complexity index is 874. The fourth-order valence-electron chi connectivity index (χ4n) is 1.98. The standard InChI is InChI=1S/C14H8BrN3O2/c15-10-5-1-2-6-11(10)18-12(8-19)17-13-9(14(18)20)4-3-7-16-13/h1-8H.